The normalized spacial score (nSPS) is 12.2. The fraction of sp³-hybridized carbons (Fsp3) is 0.320. The van der Waals surface area contributed by atoms with Crippen LogP contribution in [-0.2, 0) is 4.74 Å². The second-order valence-electron chi connectivity index (χ2n) is 9.97. The summed E-state index contributed by atoms with van der Waals surface area (Å²) in [6.07, 6.45) is 4.30. The summed E-state index contributed by atoms with van der Waals surface area (Å²) in [5, 5.41) is 10.1. The van der Waals surface area contributed by atoms with Gasteiger partial charge in [-0.3, -0.25) is 9.36 Å². The van der Waals surface area contributed by atoms with Gasteiger partial charge in [0.25, 0.3) is 0 Å². The van der Waals surface area contributed by atoms with Gasteiger partial charge < -0.3 is 9.72 Å². The van der Waals surface area contributed by atoms with Crippen molar-refractivity contribution in [1.29, 1.82) is 5.26 Å². The molecule has 8 nitrogen and oxygen atoms in total. The highest BCUT2D eigenvalue weighted by Gasteiger charge is 2.27. The van der Waals surface area contributed by atoms with E-state index >= 15 is 0 Å². The average Bonchev–Trinajstić information content (AvgIpc) is 3.31. The molecule has 4 aromatic rings. The van der Waals surface area contributed by atoms with E-state index in [1.807, 2.05) is 20.8 Å². The van der Waals surface area contributed by atoms with E-state index in [0.29, 0.717) is 44.5 Å². The van der Waals surface area contributed by atoms with Gasteiger partial charge in [-0.1, -0.05) is 20.8 Å². The number of benzene rings is 1. The van der Waals surface area contributed by atoms with Gasteiger partial charge in [-0.25, -0.2) is 14.8 Å². The van der Waals surface area contributed by atoms with Crippen LogP contribution in [0.25, 0.3) is 33.3 Å². The molecule has 0 spiro atoms. The lowest BCUT2D eigenvalue weighted by Crippen LogP contribution is -2.26. The number of rotatable bonds is 2. The molecule has 33 heavy (non-hydrogen) atoms. The highest BCUT2D eigenvalue weighted by Crippen LogP contribution is 2.33. The first-order chi connectivity index (χ1) is 15.4. The summed E-state index contributed by atoms with van der Waals surface area (Å²) >= 11 is 0. The lowest BCUT2D eigenvalue weighted by molar-refractivity contribution is 0.0544. The van der Waals surface area contributed by atoms with Gasteiger partial charge in [-0.2, -0.15) is 5.26 Å². The lowest BCUT2D eigenvalue weighted by atomic mass is 9.87. The first kappa shape index (κ1) is 22.2. The second-order valence-corrected chi connectivity index (χ2v) is 9.97. The highest BCUT2D eigenvalue weighted by atomic mass is 16.6. The zero-order valence-electron chi connectivity index (χ0n) is 19.5. The molecular weight excluding hydrogens is 418 g/mol. The summed E-state index contributed by atoms with van der Waals surface area (Å²) in [5.41, 5.74) is 2.28. The fourth-order valence-electron chi connectivity index (χ4n) is 3.56. The van der Waals surface area contributed by atoms with Crippen LogP contribution in [-0.4, -0.2) is 37.0 Å². The van der Waals surface area contributed by atoms with E-state index < -0.39 is 17.1 Å². The number of ketones is 1. The van der Waals surface area contributed by atoms with Gasteiger partial charge in [-0.05, 0) is 39.0 Å². The quantitative estimate of drug-likeness (QED) is 0.411. The second kappa shape index (κ2) is 7.55. The molecule has 0 fully saturated rings. The van der Waals surface area contributed by atoms with Crippen molar-refractivity contribution < 1.29 is 14.3 Å². The van der Waals surface area contributed by atoms with Crippen LogP contribution >= 0.6 is 0 Å². The molecule has 1 aromatic carbocycles. The van der Waals surface area contributed by atoms with Gasteiger partial charge in [0, 0.05) is 28.8 Å². The summed E-state index contributed by atoms with van der Waals surface area (Å²) in [6.45, 7) is 10.9. The number of carbonyl (C=O) groups is 2. The standard InChI is InChI=1S/C25H25N5O3/c1-24(2,3)21(31)16-11-27-22-20(16)29-18(12-28-22)17-13-30(23(32)33-25(4,5)6)19-8-7-14(10-26)9-15(17)19/h7-9,11-13H,1-6H3,(H,27,28). The van der Waals surface area contributed by atoms with Crippen LogP contribution < -0.4 is 0 Å². The third kappa shape index (κ3) is 4.10. The smallest absolute Gasteiger partial charge is 0.419 e. The van der Waals surface area contributed by atoms with Gasteiger partial charge in [0.05, 0.1) is 34.6 Å². The van der Waals surface area contributed by atoms with Crippen LogP contribution in [0.3, 0.4) is 0 Å². The van der Waals surface area contributed by atoms with Crippen molar-refractivity contribution in [2.75, 3.05) is 0 Å². The van der Waals surface area contributed by atoms with E-state index in [9.17, 15) is 14.9 Å². The van der Waals surface area contributed by atoms with Crippen molar-refractivity contribution in [3.8, 4) is 17.3 Å². The maximum Gasteiger partial charge on any atom is 0.419 e. The number of nitrogens with one attached hydrogen (secondary N) is 1. The van der Waals surface area contributed by atoms with E-state index in [-0.39, 0.29) is 5.78 Å². The van der Waals surface area contributed by atoms with Crippen molar-refractivity contribution in [1.82, 2.24) is 19.5 Å². The summed E-state index contributed by atoms with van der Waals surface area (Å²) in [7, 11) is 0. The summed E-state index contributed by atoms with van der Waals surface area (Å²) in [6, 6.07) is 7.19. The Kier molecular flexibility index (Phi) is 5.08. The molecule has 168 valence electrons. The molecule has 0 unspecified atom stereocenters. The largest absolute Gasteiger partial charge is 0.443 e. The number of hydrogen-bond donors (Lipinski definition) is 1. The number of ether oxygens (including phenoxy) is 1. The van der Waals surface area contributed by atoms with Gasteiger partial charge >= 0.3 is 6.09 Å². The first-order valence-corrected chi connectivity index (χ1v) is 10.6. The number of fused-ring (bicyclic) bond motifs is 2. The van der Waals surface area contributed by atoms with Gasteiger partial charge in [0.1, 0.15) is 11.1 Å². The minimum atomic E-state index is -0.674. The first-order valence-electron chi connectivity index (χ1n) is 10.6. The van der Waals surface area contributed by atoms with Gasteiger partial charge in [0.2, 0.25) is 0 Å². The van der Waals surface area contributed by atoms with E-state index in [2.05, 4.69) is 16.0 Å². The highest BCUT2D eigenvalue weighted by molar-refractivity contribution is 6.09. The Bertz CT molecular complexity index is 1460. The van der Waals surface area contributed by atoms with Crippen LogP contribution in [0.4, 0.5) is 4.79 Å². The monoisotopic (exact) mass is 443 g/mol. The van der Waals surface area contributed by atoms with E-state index in [1.54, 1.807) is 57.6 Å². The molecule has 0 bridgehead atoms. The molecule has 3 heterocycles. The van der Waals surface area contributed by atoms with E-state index in [1.165, 1.54) is 4.57 Å². The Hall–Kier alpha value is -3.99. The Morgan fingerprint density at radius 1 is 1.15 bits per heavy atom. The number of aromatic amines is 1. The molecule has 0 amide bonds. The number of nitrogens with zero attached hydrogens (tertiary/aromatic N) is 4. The maximum absolute atomic E-state index is 12.9. The summed E-state index contributed by atoms with van der Waals surface area (Å²) in [5.74, 6) is -0.0526. The number of aromatic nitrogens is 4. The molecule has 8 heteroatoms. The fourth-order valence-corrected chi connectivity index (χ4v) is 3.56. The van der Waals surface area contributed by atoms with Crippen molar-refractivity contribution in [2.24, 2.45) is 5.41 Å². The van der Waals surface area contributed by atoms with E-state index in [0.717, 1.165) is 0 Å². The Morgan fingerprint density at radius 2 is 1.88 bits per heavy atom. The van der Waals surface area contributed by atoms with Crippen LogP contribution in [0, 0.1) is 16.7 Å². The molecule has 0 atom stereocenters. The number of Topliss-reactive ketones (excluding diaryl/α,β-unsaturated/α-hetero) is 1. The van der Waals surface area contributed by atoms with Crippen molar-refractivity contribution >= 4 is 33.9 Å². The summed E-state index contributed by atoms with van der Waals surface area (Å²) < 4.78 is 6.96. The van der Waals surface area contributed by atoms with Crippen molar-refractivity contribution in [2.45, 2.75) is 47.1 Å². The van der Waals surface area contributed by atoms with Crippen LogP contribution in [0.1, 0.15) is 57.5 Å². The molecule has 0 saturated carbocycles. The zero-order valence-corrected chi connectivity index (χ0v) is 19.5. The third-order valence-corrected chi connectivity index (χ3v) is 5.11. The van der Waals surface area contributed by atoms with Crippen LogP contribution in [0.5, 0.6) is 0 Å². The van der Waals surface area contributed by atoms with Gasteiger partial charge in [-0.15, -0.1) is 0 Å². The van der Waals surface area contributed by atoms with Crippen molar-refractivity contribution in [3.63, 3.8) is 0 Å². The average molecular weight is 444 g/mol. The molecule has 3 aromatic heterocycles. The number of carbonyl (C=O) groups excluding carboxylic acids is 2. The predicted octanol–water partition coefficient (Wildman–Crippen LogP) is 5.46. The molecule has 0 aliphatic rings. The molecule has 1 N–H and O–H groups in total. The lowest BCUT2D eigenvalue weighted by Gasteiger charge is -2.19. The topological polar surface area (TPSA) is 114 Å². The molecule has 4 rings (SSSR count). The minimum Gasteiger partial charge on any atom is -0.443 e. The Labute approximate surface area is 191 Å². The summed E-state index contributed by atoms with van der Waals surface area (Å²) in [4.78, 5) is 38.0. The number of nitriles is 1. The van der Waals surface area contributed by atoms with Gasteiger partial charge in [0.15, 0.2) is 11.4 Å². The molecular formula is C25H25N5O3. The van der Waals surface area contributed by atoms with Crippen molar-refractivity contribution in [3.05, 3.63) is 47.9 Å². The predicted molar refractivity (Wildman–Crippen MR) is 125 cm³/mol. The van der Waals surface area contributed by atoms with Crippen LogP contribution in [0.15, 0.2) is 36.8 Å². The Balaban J connectivity index is 1.93. The zero-order chi connectivity index (χ0) is 24.1. The number of H-pyrrole nitrogens is 1. The molecule has 0 aliphatic carbocycles. The molecule has 0 saturated heterocycles. The maximum atomic E-state index is 12.9. The molecule has 0 radical (unpaired) electrons. The third-order valence-electron chi connectivity index (χ3n) is 5.11. The SMILES string of the molecule is CC(C)(C)OC(=O)n1cc(-c2cnc3[nH]cc(C(=O)C(C)(C)C)c3n2)c2cc(C#N)ccc21. The number of hydrogen-bond acceptors (Lipinski definition) is 6. The minimum absolute atomic E-state index is 0.0526. The van der Waals surface area contributed by atoms with E-state index in [4.69, 9.17) is 9.72 Å². The Morgan fingerprint density at radius 3 is 2.52 bits per heavy atom. The molecule has 0 aliphatic heterocycles. The van der Waals surface area contributed by atoms with Crippen LogP contribution in [0.2, 0.25) is 0 Å².